The van der Waals surface area contributed by atoms with Gasteiger partial charge in [-0.1, -0.05) is 6.92 Å². The van der Waals surface area contributed by atoms with Gasteiger partial charge in [-0.2, -0.15) is 0 Å². The quantitative estimate of drug-likeness (QED) is 0.612. The van der Waals surface area contributed by atoms with Crippen LogP contribution < -0.4 is 5.32 Å². The summed E-state index contributed by atoms with van der Waals surface area (Å²) < 4.78 is 0. The van der Waals surface area contributed by atoms with Crippen LogP contribution in [0.1, 0.15) is 13.3 Å². The van der Waals surface area contributed by atoms with Gasteiger partial charge in [0.05, 0.1) is 11.5 Å². The lowest BCUT2D eigenvalue weighted by Crippen LogP contribution is -2.54. The summed E-state index contributed by atoms with van der Waals surface area (Å²) in [5.74, 6) is 0. The van der Waals surface area contributed by atoms with Gasteiger partial charge in [-0.15, -0.1) is 11.8 Å². The Kier molecular flexibility index (Phi) is 4.35. The predicted molar refractivity (Wildman–Crippen MR) is 53.2 cm³/mol. The first-order valence-electron chi connectivity index (χ1n) is 4.42. The van der Waals surface area contributed by atoms with Crippen molar-refractivity contribution < 1.29 is 5.11 Å². The van der Waals surface area contributed by atoms with Crippen LogP contribution in [0.3, 0.4) is 0 Å². The van der Waals surface area contributed by atoms with Gasteiger partial charge in [0, 0.05) is 19.8 Å². The summed E-state index contributed by atoms with van der Waals surface area (Å²) in [7, 11) is 0. The molecule has 2 N–H and O–H groups in total. The fourth-order valence-electron chi connectivity index (χ4n) is 1.30. The number of rotatable bonds is 5. The second-order valence-electron chi connectivity index (χ2n) is 3.18. The lowest BCUT2D eigenvalue weighted by molar-refractivity contribution is -0.00276. The van der Waals surface area contributed by atoms with Crippen molar-refractivity contribution >= 4 is 11.8 Å². The van der Waals surface area contributed by atoms with Crippen LogP contribution in [0.4, 0.5) is 0 Å². The van der Waals surface area contributed by atoms with Crippen LogP contribution in [0.15, 0.2) is 0 Å². The second kappa shape index (κ2) is 5.07. The molecule has 1 unspecified atom stereocenters. The first-order chi connectivity index (χ1) is 5.76. The third kappa shape index (κ3) is 2.94. The molecule has 0 bridgehead atoms. The van der Waals surface area contributed by atoms with E-state index in [-0.39, 0.29) is 6.10 Å². The van der Waals surface area contributed by atoms with Crippen molar-refractivity contribution in [1.82, 2.24) is 10.2 Å². The second-order valence-corrected chi connectivity index (χ2v) is 4.23. The number of aliphatic hydroxyl groups is 1. The van der Waals surface area contributed by atoms with Crippen molar-refractivity contribution in [3.8, 4) is 0 Å². The van der Waals surface area contributed by atoms with Crippen molar-refractivity contribution in [2.45, 2.75) is 24.8 Å². The number of hydrogen-bond donors (Lipinski definition) is 2. The van der Waals surface area contributed by atoms with Crippen molar-refractivity contribution in [3.63, 3.8) is 0 Å². The summed E-state index contributed by atoms with van der Waals surface area (Å²) in [6.45, 7) is 4.76. The molecule has 0 aliphatic carbocycles. The normalized spacial score (nSPS) is 22.2. The van der Waals surface area contributed by atoms with Crippen LogP contribution >= 0.6 is 11.8 Å². The molecule has 12 heavy (non-hydrogen) atoms. The Morgan fingerprint density at radius 3 is 2.75 bits per heavy atom. The fourth-order valence-corrected chi connectivity index (χ4v) is 1.87. The number of β-amino-alcohol motifs (C(OH)–C–C–N with tert-alkyl or cyclic N) is 1. The summed E-state index contributed by atoms with van der Waals surface area (Å²) in [6, 6.07) is 0. The van der Waals surface area contributed by atoms with Gasteiger partial charge in [-0.25, -0.2) is 0 Å². The summed E-state index contributed by atoms with van der Waals surface area (Å²) in [5.41, 5.74) is 0. The van der Waals surface area contributed by atoms with Gasteiger partial charge in [0.15, 0.2) is 0 Å². The SMILES string of the molecule is CCC(NCN1CC(O)C1)SC. The van der Waals surface area contributed by atoms with E-state index >= 15 is 0 Å². The molecular weight excluding hydrogens is 172 g/mol. The predicted octanol–water partition coefficient (Wildman–Crippen LogP) is 0.309. The lowest BCUT2D eigenvalue weighted by Gasteiger charge is -2.36. The molecule has 1 aliphatic heterocycles. The Balaban J connectivity index is 2.01. The largest absolute Gasteiger partial charge is 0.390 e. The molecule has 1 atom stereocenters. The highest BCUT2D eigenvalue weighted by Crippen LogP contribution is 2.09. The number of nitrogens with zero attached hydrogens (tertiary/aromatic N) is 1. The van der Waals surface area contributed by atoms with Crippen LogP contribution in [-0.4, -0.2) is 47.5 Å². The smallest absolute Gasteiger partial charge is 0.0794 e. The zero-order valence-corrected chi connectivity index (χ0v) is 8.60. The Hall–Kier alpha value is 0.230. The van der Waals surface area contributed by atoms with Crippen LogP contribution in [0, 0.1) is 0 Å². The van der Waals surface area contributed by atoms with Crippen LogP contribution in [0.5, 0.6) is 0 Å². The minimum atomic E-state index is -0.0823. The maximum atomic E-state index is 9.02. The van der Waals surface area contributed by atoms with Gasteiger partial charge in [0.25, 0.3) is 0 Å². The van der Waals surface area contributed by atoms with E-state index in [0.717, 1.165) is 26.2 Å². The molecule has 0 saturated carbocycles. The molecule has 0 aromatic heterocycles. The first kappa shape index (κ1) is 10.3. The maximum Gasteiger partial charge on any atom is 0.0794 e. The third-order valence-electron chi connectivity index (χ3n) is 2.14. The van der Waals surface area contributed by atoms with Crippen molar-refractivity contribution in [2.24, 2.45) is 0 Å². The lowest BCUT2D eigenvalue weighted by atomic mass is 10.2. The van der Waals surface area contributed by atoms with E-state index in [0.29, 0.717) is 5.37 Å². The topological polar surface area (TPSA) is 35.5 Å². The zero-order valence-electron chi connectivity index (χ0n) is 7.79. The molecule has 0 amide bonds. The number of hydrogen-bond acceptors (Lipinski definition) is 4. The van der Waals surface area contributed by atoms with Gasteiger partial charge in [0.1, 0.15) is 0 Å². The van der Waals surface area contributed by atoms with Gasteiger partial charge in [-0.05, 0) is 12.7 Å². The monoisotopic (exact) mass is 190 g/mol. The Labute approximate surface area is 78.5 Å². The molecule has 4 heteroatoms. The zero-order chi connectivity index (χ0) is 8.97. The van der Waals surface area contributed by atoms with Gasteiger partial charge < -0.3 is 5.11 Å². The average molecular weight is 190 g/mol. The molecule has 3 nitrogen and oxygen atoms in total. The van der Waals surface area contributed by atoms with E-state index < -0.39 is 0 Å². The number of aliphatic hydroxyl groups excluding tert-OH is 1. The highest BCUT2D eigenvalue weighted by atomic mass is 32.2. The van der Waals surface area contributed by atoms with Gasteiger partial charge in [0.2, 0.25) is 0 Å². The number of thioether (sulfide) groups is 1. The molecule has 1 heterocycles. The molecule has 1 fully saturated rings. The Bertz CT molecular complexity index is 124. The van der Waals surface area contributed by atoms with Crippen LogP contribution in [0.25, 0.3) is 0 Å². The molecule has 1 saturated heterocycles. The van der Waals surface area contributed by atoms with E-state index in [1.54, 1.807) is 0 Å². The average Bonchev–Trinajstić information content (AvgIpc) is 2.03. The van der Waals surface area contributed by atoms with E-state index in [4.69, 9.17) is 5.11 Å². The first-order valence-corrected chi connectivity index (χ1v) is 5.71. The Morgan fingerprint density at radius 2 is 2.33 bits per heavy atom. The summed E-state index contributed by atoms with van der Waals surface area (Å²) in [4.78, 5) is 2.21. The summed E-state index contributed by atoms with van der Waals surface area (Å²) >= 11 is 1.85. The van der Waals surface area contributed by atoms with E-state index in [1.165, 1.54) is 0 Å². The number of likely N-dealkylation sites (tertiary alicyclic amines) is 1. The van der Waals surface area contributed by atoms with Crippen molar-refractivity contribution in [3.05, 3.63) is 0 Å². The molecule has 0 aromatic rings. The third-order valence-corrected chi connectivity index (χ3v) is 3.20. The molecule has 0 radical (unpaired) electrons. The minimum Gasteiger partial charge on any atom is -0.390 e. The van der Waals surface area contributed by atoms with Gasteiger partial charge >= 0.3 is 0 Å². The van der Waals surface area contributed by atoms with Gasteiger partial charge in [-0.3, -0.25) is 10.2 Å². The minimum absolute atomic E-state index is 0.0823. The van der Waals surface area contributed by atoms with Crippen molar-refractivity contribution in [1.29, 1.82) is 0 Å². The molecule has 1 aliphatic rings. The Morgan fingerprint density at radius 1 is 1.67 bits per heavy atom. The summed E-state index contributed by atoms with van der Waals surface area (Å²) in [5, 5.41) is 13.0. The molecule has 72 valence electrons. The number of nitrogens with one attached hydrogen (secondary N) is 1. The highest BCUT2D eigenvalue weighted by Gasteiger charge is 2.23. The molecule has 0 spiro atoms. The summed E-state index contributed by atoms with van der Waals surface area (Å²) in [6.07, 6.45) is 3.19. The molecule has 0 aromatic carbocycles. The van der Waals surface area contributed by atoms with Crippen molar-refractivity contribution in [2.75, 3.05) is 26.0 Å². The van der Waals surface area contributed by atoms with Crippen LogP contribution in [0.2, 0.25) is 0 Å². The van der Waals surface area contributed by atoms with E-state index in [2.05, 4.69) is 23.4 Å². The highest BCUT2D eigenvalue weighted by molar-refractivity contribution is 7.99. The van der Waals surface area contributed by atoms with Crippen LogP contribution in [-0.2, 0) is 0 Å². The van der Waals surface area contributed by atoms with E-state index in [9.17, 15) is 0 Å². The molecule has 1 rings (SSSR count). The maximum absolute atomic E-state index is 9.02. The van der Waals surface area contributed by atoms with E-state index in [1.807, 2.05) is 11.8 Å². The standard InChI is InChI=1S/C8H18N2OS/c1-3-8(12-2)9-6-10-4-7(11)5-10/h7-9,11H,3-6H2,1-2H3. The fraction of sp³-hybridized carbons (Fsp3) is 1.00. The molecular formula is C8H18N2OS.